The van der Waals surface area contributed by atoms with E-state index in [0.717, 1.165) is 12.0 Å². The Hall–Kier alpha value is -2.70. The molecule has 0 atom stereocenters. The summed E-state index contributed by atoms with van der Waals surface area (Å²) in [5.74, 6) is 0.119. The van der Waals surface area contributed by atoms with Gasteiger partial charge >= 0.3 is 0 Å². The first-order valence-corrected chi connectivity index (χ1v) is 6.12. The Morgan fingerprint density at radius 1 is 1.50 bits per heavy atom. The van der Waals surface area contributed by atoms with Gasteiger partial charge in [0.2, 0.25) is 0 Å². The number of rotatable bonds is 4. The molecule has 0 spiro atoms. The van der Waals surface area contributed by atoms with E-state index in [1.54, 1.807) is 19.2 Å². The predicted octanol–water partition coefficient (Wildman–Crippen LogP) is 2.44. The summed E-state index contributed by atoms with van der Waals surface area (Å²) in [6.07, 6.45) is 2.36. The Balaban J connectivity index is 2.30. The van der Waals surface area contributed by atoms with E-state index in [2.05, 4.69) is 15.5 Å². The number of nitrogens with zero attached hydrogens (tertiary/aromatic N) is 2. The molecule has 1 amide bonds. The van der Waals surface area contributed by atoms with Crippen molar-refractivity contribution in [3.8, 4) is 0 Å². The number of aromatic nitrogens is 2. The van der Waals surface area contributed by atoms with Gasteiger partial charge in [0.15, 0.2) is 0 Å². The van der Waals surface area contributed by atoms with Gasteiger partial charge < -0.3 is 5.32 Å². The van der Waals surface area contributed by atoms with Crippen LogP contribution in [0.3, 0.4) is 0 Å². The number of carbonyl (C=O) groups excluding carboxylic acids is 1. The number of hydrogen-bond acceptors (Lipinski definition) is 4. The van der Waals surface area contributed by atoms with Gasteiger partial charge in [-0.1, -0.05) is 13.0 Å². The summed E-state index contributed by atoms with van der Waals surface area (Å²) in [6, 6.07) is 4.42. The van der Waals surface area contributed by atoms with Crippen molar-refractivity contribution in [1.82, 2.24) is 10.2 Å². The minimum absolute atomic E-state index is 0.0713. The van der Waals surface area contributed by atoms with E-state index in [1.807, 2.05) is 6.92 Å². The molecule has 2 N–H and O–H groups in total. The molecule has 0 aliphatic heterocycles. The second-order valence-electron chi connectivity index (χ2n) is 4.28. The average Bonchev–Trinajstić information content (AvgIpc) is 2.85. The summed E-state index contributed by atoms with van der Waals surface area (Å²) in [5.41, 5.74) is 1.42. The molecule has 2 rings (SSSR count). The van der Waals surface area contributed by atoms with Gasteiger partial charge in [-0.25, -0.2) is 0 Å². The molecule has 1 heterocycles. The zero-order valence-corrected chi connectivity index (χ0v) is 11.1. The van der Waals surface area contributed by atoms with Crippen LogP contribution in [-0.2, 0) is 6.42 Å². The minimum Gasteiger partial charge on any atom is -0.307 e. The van der Waals surface area contributed by atoms with Crippen LogP contribution in [0.25, 0.3) is 0 Å². The summed E-state index contributed by atoms with van der Waals surface area (Å²) < 4.78 is 0. The molecule has 20 heavy (non-hydrogen) atoms. The van der Waals surface area contributed by atoms with Gasteiger partial charge in [-0.2, -0.15) is 5.10 Å². The third kappa shape index (κ3) is 2.51. The lowest BCUT2D eigenvalue weighted by molar-refractivity contribution is -0.385. The fraction of sp³-hybridized carbons (Fsp3) is 0.231. The fourth-order valence-corrected chi connectivity index (χ4v) is 1.94. The summed E-state index contributed by atoms with van der Waals surface area (Å²) in [6.45, 7) is 3.50. The van der Waals surface area contributed by atoms with Crippen LogP contribution < -0.4 is 5.32 Å². The van der Waals surface area contributed by atoms with Crippen LogP contribution in [0.2, 0.25) is 0 Å². The van der Waals surface area contributed by atoms with Gasteiger partial charge in [-0.15, -0.1) is 0 Å². The number of aromatic amines is 1. The Morgan fingerprint density at radius 2 is 2.25 bits per heavy atom. The summed E-state index contributed by atoms with van der Waals surface area (Å²) in [4.78, 5) is 22.6. The number of anilines is 1. The van der Waals surface area contributed by atoms with Gasteiger partial charge in [0.1, 0.15) is 5.82 Å². The lowest BCUT2D eigenvalue weighted by Gasteiger charge is -2.07. The van der Waals surface area contributed by atoms with Crippen molar-refractivity contribution in [3.05, 3.63) is 51.2 Å². The smallest absolute Gasteiger partial charge is 0.273 e. The Bertz CT molecular complexity index is 663. The van der Waals surface area contributed by atoms with E-state index in [9.17, 15) is 14.9 Å². The molecule has 0 aliphatic rings. The van der Waals surface area contributed by atoms with Crippen molar-refractivity contribution >= 4 is 17.4 Å². The molecule has 1 aromatic carbocycles. The summed E-state index contributed by atoms with van der Waals surface area (Å²) in [5, 5.41) is 20.1. The SMILES string of the molecule is CCc1cn[nH]c1NC(=O)c1cccc([N+](=O)[O-])c1C. The first-order valence-electron chi connectivity index (χ1n) is 6.12. The first-order chi connectivity index (χ1) is 9.54. The fourth-order valence-electron chi connectivity index (χ4n) is 1.94. The molecule has 7 nitrogen and oxygen atoms in total. The molecule has 0 saturated carbocycles. The molecule has 0 bridgehead atoms. The van der Waals surface area contributed by atoms with E-state index >= 15 is 0 Å². The highest BCUT2D eigenvalue weighted by atomic mass is 16.6. The number of carbonyl (C=O) groups is 1. The molecular weight excluding hydrogens is 260 g/mol. The van der Waals surface area contributed by atoms with E-state index < -0.39 is 10.8 Å². The second-order valence-corrected chi connectivity index (χ2v) is 4.28. The van der Waals surface area contributed by atoms with Crippen molar-refractivity contribution in [1.29, 1.82) is 0 Å². The quantitative estimate of drug-likeness (QED) is 0.660. The van der Waals surface area contributed by atoms with Crippen LogP contribution in [0.4, 0.5) is 11.5 Å². The van der Waals surface area contributed by atoms with Crippen LogP contribution in [0.15, 0.2) is 24.4 Å². The number of amides is 1. The minimum atomic E-state index is -0.500. The van der Waals surface area contributed by atoms with Gasteiger partial charge in [-0.05, 0) is 19.4 Å². The molecular formula is C13H14N4O3. The number of aryl methyl sites for hydroxylation is 1. The number of nitro benzene ring substituents is 1. The standard InChI is InChI=1S/C13H14N4O3/c1-3-9-7-14-16-12(9)15-13(18)10-5-4-6-11(8(10)2)17(19)20/h4-7H,3H2,1-2H3,(H2,14,15,16,18). The van der Waals surface area contributed by atoms with Crippen molar-refractivity contribution in [2.75, 3.05) is 5.32 Å². The molecule has 2 aromatic rings. The first kappa shape index (κ1) is 13.7. The van der Waals surface area contributed by atoms with E-state index in [-0.39, 0.29) is 11.3 Å². The molecule has 0 saturated heterocycles. The van der Waals surface area contributed by atoms with Crippen LogP contribution in [0.5, 0.6) is 0 Å². The van der Waals surface area contributed by atoms with Gasteiger partial charge in [-0.3, -0.25) is 20.0 Å². The van der Waals surface area contributed by atoms with Crippen LogP contribution in [-0.4, -0.2) is 21.0 Å². The van der Waals surface area contributed by atoms with Crippen molar-refractivity contribution < 1.29 is 9.72 Å². The zero-order chi connectivity index (χ0) is 14.7. The Kier molecular flexibility index (Phi) is 3.79. The van der Waals surface area contributed by atoms with Crippen LogP contribution in [0, 0.1) is 17.0 Å². The van der Waals surface area contributed by atoms with E-state index in [1.165, 1.54) is 12.1 Å². The lowest BCUT2D eigenvalue weighted by atomic mass is 10.1. The van der Waals surface area contributed by atoms with Gasteiger partial charge in [0.25, 0.3) is 11.6 Å². The largest absolute Gasteiger partial charge is 0.307 e. The number of nitro groups is 1. The topological polar surface area (TPSA) is 101 Å². The molecule has 1 aromatic heterocycles. The number of benzene rings is 1. The maximum atomic E-state index is 12.2. The molecule has 0 unspecified atom stereocenters. The van der Waals surface area contributed by atoms with E-state index in [0.29, 0.717) is 11.4 Å². The predicted molar refractivity (Wildman–Crippen MR) is 73.8 cm³/mol. The molecule has 104 valence electrons. The highest BCUT2D eigenvalue weighted by molar-refractivity contribution is 6.05. The maximum Gasteiger partial charge on any atom is 0.273 e. The van der Waals surface area contributed by atoms with Crippen LogP contribution >= 0.6 is 0 Å². The zero-order valence-electron chi connectivity index (χ0n) is 11.1. The van der Waals surface area contributed by atoms with Crippen molar-refractivity contribution in [2.45, 2.75) is 20.3 Å². The van der Waals surface area contributed by atoms with E-state index in [4.69, 9.17) is 0 Å². The molecule has 7 heteroatoms. The number of H-pyrrole nitrogens is 1. The van der Waals surface area contributed by atoms with Crippen molar-refractivity contribution in [3.63, 3.8) is 0 Å². The summed E-state index contributed by atoms with van der Waals surface area (Å²) >= 11 is 0. The highest BCUT2D eigenvalue weighted by Crippen LogP contribution is 2.22. The Morgan fingerprint density at radius 3 is 2.90 bits per heavy atom. The van der Waals surface area contributed by atoms with Crippen LogP contribution in [0.1, 0.15) is 28.4 Å². The molecule has 0 fully saturated rings. The normalized spacial score (nSPS) is 10.3. The lowest BCUT2D eigenvalue weighted by Crippen LogP contribution is -2.15. The van der Waals surface area contributed by atoms with Gasteiger partial charge in [0.05, 0.1) is 11.1 Å². The van der Waals surface area contributed by atoms with Crippen molar-refractivity contribution in [2.24, 2.45) is 0 Å². The average molecular weight is 274 g/mol. The van der Waals surface area contributed by atoms with Gasteiger partial charge in [0, 0.05) is 22.8 Å². The number of nitrogens with one attached hydrogen (secondary N) is 2. The third-order valence-corrected chi connectivity index (χ3v) is 3.08. The molecule has 0 radical (unpaired) electrons. The third-order valence-electron chi connectivity index (χ3n) is 3.08. The second kappa shape index (κ2) is 5.52. The Labute approximate surface area is 115 Å². The molecule has 0 aliphatic carbocycles. The number of hydrogen-bond donors (Lipinski definition) is 2. The summed E-state index contributed by atoms with van der Waals surface area (Å²) in [7, 11) is 0. The monoisotopic (exact) mass is 274 g/mol. The highest BCUT2D eigenvalue weighted by Gasteiger charge is 2.18. The maximum absolute atomic E-state index is 12.2.